The first-order valence-electron chi connectivity index (χ1n) is 12.5. The first-order chi connectivity index (χ1) is 17.2. The molecule has 1 atom stereocenters. The highest BCUT2D eigenvalue weighted by Crippen LogP contribution is 2.37. The van der Waals surface area contributed by atoms with Crippen LogP contribution in [0.4, 0.5) is 5.95 Å². The Morgan fingerprint density at radius 2 is 1.97 bits per heavy atom. The fourth-order valence-electron chi connectivity index (χ4n) is 4.86. The number of aryl methyl sites for hydroxylation is 3. The van der Waals surface area contributed by atoms with Crippen molar-refractivity contribution >= 4 is 17.8 Å². The molecular weight excluding hydrogens is 454 g/mol. The van der Waals surface area contributed by atoms with E-state index in [0.717, 1.165) is 53.9 Å². The SMILES string of the molecule is Cc1cc(C)n(CCCC(=O)N2CCCC[C@H]2c2nc(N(C)C)ncc2-c2cccc(C(N)=O)c2)n1. The second-order valence-corrected chi connectivity index (χ2v) is 9.66. The van der Waals surface area contributed by atoms with Crippen molar-refractivity contribution < 1.29 is 9.59 Å². The fourth-order valence-corrected chi connectivity index (χ4v) is 4.86. The van der Waals surface area contributed by atoms with Crippen LogP contribution >= 0.6 is 0 Å². The lowest BCUT2D eigenvalue weighted by Gasteiger charge is -2.36. The summed E-state index contributed by atoms with van der Waals surface area (Å²) in [7, 11) is 3.80. The fraction of sp³-hybridized carbons (Fsp3) is 0.444. The van der Waals surface area contributed by atoms with Crippen LogP contribution in [0, 0.1) is 13.8 Å². The van der Waals surface area contributed by atoms with Crippen LogP contribution in [0.1, 0.15) is 65.6 Å². The van der Waals surface area contributed by atoms with Crippen LogP contribution in [0.15, 0.2) is 36.5 Å². The molecule has 0 radical (unpaired) electrons. The maximum Gasteiger partial charge on any atom is 0.248 e. The quantitative estimate of drug-likeness (QED) is 0.517. The summed E-state index contributed by atoms with van der Waals surface area (Å²) in [5, 5.41) is 4.51. The van der Waals surface area contributed by atoms with Gasteiger partial charge in [-0.05, 0) is 63.3 Å². The van der Waals surface area contributed by atoms with Gasteiger partial charge in [-0.1, -0.05) is 12.1 Å². The van der Waals surface area contributed by atoms with Crippen LogP contribution in [-0.2, 0) is 11.3 Å². The molecule has 0 spiro atoms. The maximum atomic E-state index is 13.5. The van der Waals surface area contributed by atoms with Gasteiger partial charge in [0.25, 0.3) is 0 Å². The number of rotatable bonds is 8. The van der Waals surface area contributed by atoms with E-state index in [1.165, 1.54) is 0 Å². The average Bonchev–Trinajstić information content (AvgIpc) is 3.20. The lowest BCUT2D eigenvalue weighted by molar-refractivity contribution is -0.135. The molecule has 2 aromatic heterocycles. The Kier molecular flexibility index (Phi) is 7.67. The Labute approximate surface area is 212 Å². The summed E-state index contributed by atoms with van der Waals surface area (Å²) in [6.07, 6.45) is 5.78. The summed E-state index contributed by atoms with van der Waals surface area (Å²) in [5.41, 5.74) is 10.5. The van der Waals surface area contributed by atoms with Gasteiger partial charge < -0.3 is 15.5 Å². The topological polar surface area (TPSA) is 110 Å². The number of nitrogens with two attached hydrogens (primary N) is 1. The third kappa shape index (κ3) is 5.56. The van der Waals surface area contributed by atoms with Gasteiger partial charge in [0.15, 0.2) is 0 Å². The highest BCUT2D eigenvalue weighted by Gasteiger charge is 2.31. The molecule has 2 N–H and O–H groups in total. The lowest BCUT2D eigenvalue weighted by atomic mass is 9.93. The van der Waals surface area contributed by atoms with Crippen molar-refractivity contribution in [3.8, 4) is 11.1 Å². The molecule has 190 valence electrons. The largest absolute Gasteiger partial charge is 0.366 e. The third-order valence-corrected chi connectivity index (χ3v) is 6.67. The molecule has 0 bridgehead atoms. The second-order valence-electron chi connectivity index (χ2n) is 9.66. The second kappa shape index (κ2) is 10.9. The number of carbonyl (C=O) groups is 2. The van der Waals surface area contributed by atoms with Crippen LogP contribution < -0.4 is 10.6 Å². The van der Waals surface area contributed by atoms with Crippen LogP contribution in [-0.4, -0.2) is 57.1 Å². The van der Waals surface area contributed by atoms with Crippen molar-refractivity contribution in [3.05, 3.63) is 59.2 Å². The van der Waals surface area contributed by atoms with Crippen molar-refractivity contribution in [2.45, 2.75) is 58.5 Å². The van der Waals surface area contributed by atoms with Gasteiger partial charge in [-0.25, -0.2) is 9.97 Å². The van der Waals surface area contributed by atoms with E-state index in [1.54, 1.807) is 18.3 Å². The highest BCUT2D eigenvalue weighted by molar-refractivity contribution is 5.94. The number of hydrogen-bond donors (Lipinski definition) is 1. The summed E-state index contributed by atoms with van der Waals surface area (Å²) in [4.78, 5) is 38.5. The van der Waals surface area contributed by atoms with Gasteiger partial charge >= 0.3 is 0 Å². The number of piperidine rings is 1. The van der Waals surface area contributed by atoms with Crippen molar-refractivity contribution in [2.24, 2.45) is 5.73 Å². The molecule has 36 heavy (non-hydrogen) atoms. The van der Waals surface area contributed by atoms with Gasteiger partial charge in [-0.2, -0.15) is 5.10 Å². The van der Waals surface area contributed by atoms with Crippen molar-refractivity contribution in [1.29, 1.82) is 0 Å². The summed E-state index contributed by atoms with van der Waals surface area (Å²) < 4.78 is 1.97. The average molecular weight is 490 g/mol. The predicted octanol–water partition coefficient (Wildman–Crippen LogP) is 3.66. The van der Waals surface area contributed by atoms with Gasteiger partial charge in [0.1, 0.15) is 0 Å². The summed E-state index contributed by atoms with van der Waals surface area (Å²) in [6.45, 7) is 5.43. The number of carbonyl (C=O) groups excluding carboxylic acids is 2. The minimum atomic E-state index is -0.485. The number of hydrogen-bond acceptors (Lipinski definition) is 6. The van der Waals surface area contributed by atoms with Crippen LogP contribution in [0.2, 0.25) is 0 Å². The number of anilines is 1. The monoisotopic (exact) mass is 489 g/mol. The molecule has 4 rings (SSSR count). The number of nitrogens with zero attached hydrogens (tertiary/aromatic N) is 6. The predicted molar refractivity (Wildman–Crippen MR) is 140 cm³/mol. The number of amides is 2. The standard InChI is InChI=1S/C27H35N7O2/c1-18-15-19(2)34(31-18)14-8-12-24(35)33-13-6-5-11-23(33)25-22(17-29-27(30-25)32(3)4)20-9-7-10-21(16-20)26(28)36/h7,9-10,15-17,23H,5-6,8,11-14H2,1-4H3,(H2,28,36)/t23-/m0/s1. The molecule has 0 saturated carbocycles. The number of primary amides is 1. The van der Waals surface area contributed by atoms with Gasteiger partial charge in [0.05, 0.1) is 17.4 Å². The Morgan fingerprint density at radius 1 is 1.17 bits per heavy atom. The van der Waals surface area contributed by atoms with E-state index in [2.05, 4.69) is 16.1 Å². The lowest BCUT2D eigenvalue weighted by Crippen LogP contribution is -2.39. The smallest absolute Gasteiger partial charge is 0.248 e. The molecule has 9 heteroatoms. The number of aromatic nitrogens is 4. The molecule has 1 aromatic carbocycles. The van der Waals surface area contributed by atoms with Crippen LogP contribution in [0.5, 0.6) is 0 Å². The summed E-state index contributed by atoms with van der Waals surface area (Å²) in [6, 6.07) is 9.08. The Morgan fingerprint density at radius 3 is 2.67 bits per heavy atom. The molecule has 3 heterocycles. The van der Waals surface area contributed by atoms with E-state index in [0.29, 0.717) is 31.0 Å². The van der Waals surface area contributed by atoms with Crippen molar-refractivity contribution in [3.63, 3.8) is 0 Å². The number of likely N-dealkylation sites (tertiary alicyclic amines) is 1. The van der Waals surface area contributed by atoms with E-state index in [-0.39, 0.29) is 11.9 Å². The maximum absolute atomic E-state index is 13.5. The van der Waals surface area contributed by atoms with E-state index in [9.17, 15) is 9.59 Å². The van der Waals surface area contributed by atoms with Crippen LogP contribution in [0.25, 0.3) is 11.1 Å². The molecule has 3 aromatic rings. The normalized spacial score (nSPS) is 15.7. The van der Waals surface area contributed by atoms with Crippen molar-refractivity contribution in [1.82, 2.24) is 24.6 Å². The minimum absolute atomic E-state index is 0.128. The Bertz CT molecular complexity index is 1250. The van der Waals surface area contributed by atoms with E-state index in [1.807, 2.05) is 54.6 Å². The van der Waals surface area contributed by atoms with Gasteiger partial charge in [0, 0.05) is 56.6 Å². The molecule has 1 saturated heterocycles. The van der Waals surface area contributed by atoms with E-state index < -0.39 is 5.91 Å². The first kappa shape index (κ1) is 25.3. The highest BCUT2D eigenvalue weighted by atomic mass is 16.2. The van der Waals surface area contributed by atoms with E-state index >= 15 is 0 Å². The van der Waals surface area contributed by atoms with Gasteiger partial charge in [0.2, 0.25) is 17.8 Å². The summed E-state index contributed by atoms with van der Waals surface area (Å²) in [5.74, 6) is 0.228. The Balaban J connectivity index is 1.62. The zero-order valence-electron chi connectivity index (χ0n) is 21.6. The molecule has 1 fully saturated rings. The molecule has 0 aliphatic carbocycles. The zero-order valence-corrected chi connectivity index (χ0v) is 21.6. The molecule has 1 aliphatic heterocycles. The van der Waals surface area contributed by atoms with Crippen molar-refractivity contribution in [2.75, 3.05) is 25.5 Å². The molecule has 9 nitrogen and oxygen atoms in total. The zero-order chi connectivity index (χ0) is 25.8. The van der Waals surface area contributed by atoms with Crippen LogP contribution in [0.3, 0.4) is 0 Å². The van der Waals surface area contributed by atoms with Gasteiger partial charge in [-0.15, -0.1) is 0 Å². The molecule has 2 amide bonds. The summed E-state index contributed by atoms with van der Waals surface area (Å²) >= 11 is 0. The molecule has 0 unspecified atom stereocenters. The molecular formula is C27H35N7O2. The van der Waals surface area contributed by atoms with E-state index in [4.69, 9.17) is 10.7 Å². The Hall–Kier alpha value is -3.75. The third-order valence-electron chi connectivity index (χ3n) is 6.67. The molecule has 1 aliphatic rings. The first-order valence-corrected chi connectivity index (χ1v) is 12.5. The van der Waals surface area contributed by atoms with Gasteiger partial charge in [-0.3, -0.25) is 14.3 Å². The minimum Gasteiger partial charge on any atom is -0.366 e. The number of benzene rings is 1.